The highest BCUT2D eigenvalue weighted by Crippen LogP contribution is 2.24. The summed E-state index contributed by atoms with van der Waals surface area (Å²) in [5, 5.41) is 9.29. The van der Waals surface area contributed by atoms with E-state index in [1.54, 1.807) is 42.5 Å². The first-order valence-electron chi connectivity index (χ1n) is 11.8. The number of hydrogen-bond acceptors (Lipinski definition) is 7. The second-order valence-electron chi connectivity index (χ2n) is 8.82. The van der Waals surface area contributed by atoms with Crippen molar-refractivity contribution >= 4 is 29.0 Å². The quantitative estimate of drug-likeness (QED) is 0.362. The van der Waals surface area contributed by atoms with Crippen LogP contribution in [0.4, 0.5) is 4.39 Å². The summed E-state index contributed by atoms with van der Waals surface area (Å²) in [6, 6.07) is 13.3. The van der Waals surface area contributed by atoms with Gasteiger partial charge in [0, 0.05) is 36.7 Å². The molecule has 0 aliphatic carbocycles. The molecule has 0 fully saturated rings. The number of nitrogens with zero attached hydrogens (tertiary/aromatic N) is 3. The van der Waals surface area contributed by atoms with Crippen LogP contribution in [0.1, 0.15) is 54.9 Å². The van der Waals surface area contributed by atoms with Gasteiger partial charge in [-0.25, -0.2) is 13.9 Å². The lowest BCUT2D eigenvalue weighted by Crippen LogP contribution is -2.28. The van der Waals surface area contributed by atoms with Gasteiger partial charge in [-0.1, -0.05) is 24.3 Å². The number of ketones is 2. The highest BCUT2D eigenvalue weighted by Gasteiger charge is 2.21. The Morgan fingerprint density at radius 3 is 2.58 bits per heavy atom. The van der Waals surface area contributed by atoms with E-state index in [4.69, 9.17) is 4.74 Å². The van der Waals surface area contributed by atoms with Crippen LogP contribution in [0.25, 0.3) is 5.65 Å². The van der Waals surface area contributed by atoms with Crippen molar-refractivity contribution in [2.24, 2.45) is 0 Å². The molecule has 4 aromatic rings. The molecular formula is C27H22FN5O5. The summed E-state index contributed by atoms with van der Waals surface area (Å²) in [4.78, 5) is 53.3. The molecule has 2 aromatic heterocycles. The molecule has 192 valence electrons. The molecule has 0 spiro atoms. The van der Waals surface area contributed by atoms with Gasteiger partial charge in [0.05, 0.1) is 6.20 Å². The number of carbonyl (C=O) groups is 4. The molecule has 0 unspecified atom stereocenters. The number of halogens is 1. The van der Waals surface area contributed by atoms with Gasteiger partial charge in [0.1, 0.15) is 23.7 Å². The lowest BCUT2D eigenvalue weighted by Gasteiger charge is -2.17. The van der Waals surface area contributed by atoms with E-state index < -0.39 is 17.6 Å². The molecule has 2 aromatic carbocycles. The summed E-state index contributed by atoms with van der Waals surface area (Å²) >= 11 is 0. The van der Waals surface area contributed by atoms with Crippen LogP contribution in [0.5, 0.6) is 5.75 Å². The van der Waals surface area contributed by atoms with Crippen molar-refractivity contribution in [1.82, 2.24) is 25.2 Å². The molecule has 5 rings (SSSR count). The smallest absolute Gasteiger partial charge is 0.270 e. The van der Waals surface area contributed by atoms with E-state index in [0.29, 0.717) is 16.9 Å². The van der Waals surface area contributed by atoms with E-state index in [9.17, 15) is 23.6 Å². The fourth-order valence-electron chi connectivity index (χ4n) is 4.10. The highest BCUT2D eigenvalue weighted by atomic mass is 19.1. The molecular weight excluding hydrogens is 493 g/mol. The number of carbonyl (C=O) groups excluding carboxylic acids is 4. The minimum absolute atomic E-state index is 0.0311. The SMILES string of the molecule is CC(=O)c1cccc(CNC(=O)c2cc(C(=O)NCc3ccc4c(c3)CC(=O)CO4)nc3c(F)cnn23)c1. The monoisotopic (exact) mass is 515 g/mol. The summed E-state index contributed by atoms with van der Waals surface area (Å²) < 4.78 is 20.8. The van der Waals surface area contributed by atoms with Crippen LogP contribution in [0.3, 0.4) is 0 Å². The molecule has 38 heavy (non-hydrogen) atoms. The largest absolute Gasteiger partial charge is 0.486 e. The molecule has 1 aliphatic heterocycles. The van der Waals surface area contributed by atoms with Gasteiger partial charge in [0.2, 0.25) is 0 Å². The Hall–Kier alpha value is -4.93. The molecule has 2 amide bonds. The van der Waals surface area contributed by atoms with Crippen LogP contribution in [0, 0.1) is 5.82 Å². The molecule has 3 heterocycles. The number of ether oxygens (including phenoxy) is 1. The maximum Gasteiger partial charge on any atom is 0.270 e. The first-order valence-corrected chi connectivity index (χ1v) is 11.8. The van der Waals surface area contributed by atoms with Crippen molar-refractivity contribution in [1.29, 1.82) is 0 Å². The van der Waals surface area contributed by atoms with Gasteiger partial charge in [-0.15, -0.1) is 0 Å². The van der Waals surface area contributed by atoms with Crippen molar-refractivity contribution in [3.63, 3.8) is 0 Å². The third kappa shape index (κ3) is 5.12. The van der Waals surface area contributed by atoms with Gasteiger partial charge >= 0.3 is 0 Å². The molecule has 10 nitrogen and oxygen atoms in total. The average molecular weight is 516 g/mol. The molecule has 2 N–H and O–H groups in total. The number of nitrogens with one attached hydrogen (secondary N) is 2. The lowest BCUT2D eigenvalue weighted by molar-refractivity contribution is -0.121. The Morgan fingerprint density at radius 1 is 1.03 bits per heavy atom. The van der Waals surface area contributed by atoms with E-state index in [0.717, 1.165) is 21.8 Å². The van der Waals surface area contributed by atoms with Crippen LogP contribution >= 0.6 is 0 Å². The fourth-order valence-corrected chi connectivity index (χ4v) is 4.10. The number of rotatable bonds is 7. The maximum atomic E-state index is 14.4. The van der Waals surface area contributed by atoms with E-state index in [-0.39, 0.29) is 54.7 Å². The van der Waals surface area contributed by atoms with Crippen molar-refractivity contribution in [2.75, 3.05) is 6.61 Å². The van der Waals surface area contributed by atoms with E-state index in [2.05, 4.69) is 20.7 Å². The molecule has 0 saturated heterocycles. The minimum Gasteiger partial charge on any atom is -0.486 e. The zero-order valence-corrected chi connectivity index (χ0v) is 20.3. The number of hydrogen-bond donors (Lipinski definition) is 2. The van der Waals surface area contributed by atoms with Gasteiger partial charge in [0.15, 0.2) is 23.0 Å². The van der Waals surface area contributed by atoms with Crippen molar-refractivity contribution < 1.29 is 28.3 Å². The van der Waals surface area contributed by atoms with Gasteiger partial charge in [-0.3, -0.25) is 19.2 Å². The van der Waals surface area contributed by atoms with Crippen LogP contribution in [0.2, 0.25) is 0 Å². The summed E-state index contributed by atoms with van der Waals surface area (Å²) in [7, 11) is 0. The third-order valence-corrected chi connectivity index (χ3v) is 6.03. The Kier molecular flexibility index (Phi) is 6.65. The first-order chi connectivity index (χ1) is 18.3. The van der Waals surface area contributed by atoms with Gasteiger partial charge in [-0.2, -0.15) is 5.10 Å². The van der Waals surface area contributed by atoms with Crippen molar-refractivity contribution in [2.45, 2.75) is 26.4 Å². The zero-order chi connectivity index (χ0) is 26.8. The van der Waals surface area contributed by atoms with Crippen molar-refractivity contribution in [3.05, 3.63) is 94.2 Å². The number of Topliss-reactive ketones (excluding diaryl/α,β-unsaturated/α-hetero) is 2. The molecule has 11 heteroatoms. The maximum absolute atomic E-state index is 14.4. The first kappa shape index (κ1) is 24.8. The fraction of sp³-hybridized carbons (Fsp3) is 0.185. The lowest BCUT2D eigenvalue weighted by atomic mass is 10.0. The molecule has 0 radical (unpaired) electrons. The van der Waals surface area contributed by atoms with Gasteiger partial charge in [-0.05, 0) is 36.2 Å². The van der Waals surface area contributed by atoms with Crippen LogP contribution in [-0.4, -0.2) is 44.6 Å². The summed E-state index contributed by atoms with van der Waals surface area (Å²) in [5.41, 5.74) is 2.14. The standard InChI is InChI=1S/C27H22FN5O5/c1-15(34)18-4-2-3-16(7-18)11-30-27(37)23-10-22(32-25-21(28)13-31-33(23)25)26(36)29-12-17-5-6-24-19(8-17)9-20(35)14-38-24/h2-8,10,13H,9,11-12,14H2,1H3,(H,29,36)(H,30,37). The second-order valence-corrected chi connectivity index (χ2v) is 8.82. The number of fused-ring (bicyclic) bond motifs is 2. The zero-order valence-electron chi connectivity index (χ0n) is 20.3. The van der Waals surface area contributed by atoms with Crippen LogP contribution in [0.15, 0.2) is 54.7 Å². The Morgan fingerprint density at radius 2 is 1.79 bits per heavy atom. The normalized spacial score (nSPS) is 12.5. The second kappa shape index (κ2) is 10.2. The minimum atomic E-state index is -0.790. The van der Waals surface area contributed by atoms with Crippen LogP contribution < -0.4 is 15.4 Å². The Balaban J connectivity index is 1.34. The average Bonchev–Trinajstić information content (AvgIpc) is 3.30. The van der Waals surface area contributed by atoms with E-state index in [1.807, 2.05) is 0 Å². The van der Waals surface area contributed by atoms with Crippen molar-refractivity contribution in [3.8, 4) is 5.75 Å². The summed E-state index contributed by atoms with van der Waals surface area (Å²) in [6.07, 6.45) is 1.17. The molecule has 1 aliphatic rings. The Labute approximate surface area is 215 Å². The molecule has 0 atom stereocenters. The van der Waals surface area contributed by atoms with Crippen LogP contribution in [-0.2, 0) is 24.3 Å². The predicted molar refractivity (Wildman–Crippen MR) is 132 cm³/mol. The summed E-state index contributed by atoms with van der Waals surface area (Å²) in [5.74, 6) is -1.53. The van der Waals surface area contributed by atoms with E-state index in [1.165, 1.54) is 13.0 Å². The van der Waals surface area contributed by atoms with E-state index >= 15 is 0 Å². The van der Waals surface area contributed by atoms with Gasteiger partial charge in [0.25, 0.3) is 11.8 Å². The number of benzene rings is 2. The van der Waals surface area contributed by atoms with Gasteiger partial charge < -0.3 is 15.4 Å². The highest BCUT2D eigenvalue weighted by molar-refractivity contribution is 5.98. The number of aromatic nitrogens is 3. The molecule has 0 bridgehead atoms. The predicted octanol–water partition coefficient (Wildman–Crippen LogP) is 2.44. The Bertz CT molecular complexity index is 1610. The number of amides is 2. The third-order valence-electron chi connectivity index (χ3n) is 6.03. The summed E-state index contributed by atoms with van der Waals surface area (Å²) in [6.45, 7) is 1.71. The topological polar surface area (TPSA) is 132 Å². The molecule has 0 saturated carbocycles.